The molecule has 0 spiro atoms. The van der Waals surface area contributed by atoms with Crippen LogP contribution >= 0.6 is 0 Å². The van der Waals surface area contributed by atoms with Crippen LogP contribution in [0.5, 0.6) is 0 Å². The highest BCUT2D eigenvalue weighted by atomic mass is 15.5. The molecular weight excluding hydrogens is 262 g/mol. The van der Waals surface area contributed by atoms with Gasteiger partial charge in [-0.2, -0.15) is 15.0 Å². The summed E-state index contributed by atoms with van der Waals surface area (Å²) in [5.41, 5.74) is 8.03. The van der Waals surface area contributed by atoms with Gasteiger partial charge in [0.1, 0.15) is 0 Å². The number of benzene rings is 1. The normalized spacial score (nSPS) is 13.0. The number of nitrogens with two attached hydrogens (primary N) is 1. The van der Waals surface area contributed by atoms with E-state index in [1.165, 1.54) is 0 Å². The largest absolute Gasteiger partial charge is 0.327 e. The molecule has 0 radical (unpaired) electrons. The van der Waals surface area contributed by atoms with Crippen molar-refractivity contribution in [2.75, 3.05) is 13.6 Å². The van der Waals surface area contributed by atoms with Gasteiger partial charge in [0.15, 0.2) is 0 Å². The summed E-state index contributed by atoms with van der Waals surface area (Å²) >= 11 is 0. The Kier molecular flexibility index (Phi) is 5.47. The van der Waals surface area contributed by atoms with Crippen molar-refractivity contribution >= 4 is 0 Å². The second-order valence-electron chi connectivity index (χ2n) is 5.90. The lowest BCUT2D eigenvalue weighted by molar-refractivity contribution is 0.293. The van der Waals surface area contributed by atoms with Gasteiger partial charge in [0, 0.05) is 12.6 Å². The molecule has 2 N–H and O–H groups in total. The fourth-order valence-corrected chi connectivity index (χ4v) is 2.11. The lowest BCUT2D eigenvalue weighted by Gasteiger charge is -2.20. The summed E-state index contributed by atoms with van der Waals surface area (Å²) in [4.78, 5) is 3.91. The molecule has 1 aromatic heterocycles. The average molecular weight is 287 g/mol. The summed E-state index contributed by atoms with van der Waals surface area (Å²) in [5, 5.41) is 8.83. The van der Waals surface area contributed by atoms with E-state index in [0.29, 0.717) is 5.92 Å². The molecule has 0 aliphatic carbocycles. The molecule has 1 atom stereocenters. The smallest absolute Gasteiger partial charge is 0.0971 e. The maximum atomic E-state index is 6.08. The highest BCUT2D eigenvalue weighted by molar-refractivity contribution is 5.28. The van der Waals surface area contributed by atoms with Crippen LogP contribution in [0.4, 0.5) is 0 Å². The number of aromatic nitrogens is 3. The first-order valence-electron chi connectivity index (χ1n) is 7.47. The van der Waals surface area contributed by atoms with Crippen LogP contribution in [0.15, 0.2) is 36.5 Å². The predicted octanol–water partition coefficient (Wildman–Crippen LogP) is 2.07. The zero-order valence-electron chi connectivity index (χ0n) is 13.1. The van der Waals surface area contributed by atoms with Crippen LogP contribution in [-0.4, -0.2) is 39.5 Å². The van der Waals surface area contributed by atoms with Crippen LogP contribution in [0, 0.1) is 5.92 Å². The molecule has 0 amide bonds. The summed E-state index contributed by atoms with van der Waals surface area (Å²) < 4.78 is 0. The standard InChI is InChI=1S/C16H25N5/c1-13(2)16(17)9-10-20(3)12-14-11-18-21(19-14)15-7-5-4-6-8-15/h4-8,11,13,16H,9-10,12,17H2,1-3H3. The zero-order valence-corrected chi connectivity index (χ0v) is 13.1. The number of hydrogen-bond acceptors (Lipinski definition) is 4. The third kappa shape index (κ3) is 4.65. The van der Waals surface area contributed by atoms with Gasteiger partial charge in [-0.15, -0.1) is 0 Å². The summed E-state index contributed by atoms with van der Waals surface area (Å²) in [6.07, 6.45) is 2.83. The Bertz CT molecular complexity index is 535. The monoisotopic (exact) mass is 287 g/mol. The molecule has 0 saturated carbocycles. The Morgan fingerprint density at radius 3 is 2.62 bits per heavy atom. The Hall–Kier alpha value is -1.72. The molecule has 0 fully saturated rings. The van der Waals surface area contributed by atoms with Gasteiger partial charge in [0.2, 0.25) is 0 Å². The molecule has 0 aliphatic rings. The van der Waals surface area contributed by atoms with E-state index in [2.05, 4.69) is 36.0 Å². The van der Waals surface area contributed by atoms with E-state index in [9.17, 15) is 0 Å². The van der Waals surface area contributed by atoms with E-state index in [-0.39, 0.29) is 6.04 Å². The van der Waals surface area contributed by atoms with E-state index >= 15 is 0 Å². The van der Waals surface area contributed by atoms with Gasteiger partial charge in [0.25, 0.3) is 0 Å². The third-order valence-corrected chi connectivity index (χ3v) is 3.66. The topological polar surface area (TPSA) is 60.0 Å². The van der Waals surface area contributed by atoms with E-state index in [4.69, 9.17) is 5.73 Å². The van der Waals surface area contributed by atoms with E-state index < -0.39 is 0 Å². The zero-order chi connectivity index (χ0) is 15.2. The highest BCUT2D eigenvalue weighted by Crippen LogP contribution is 2.07. The van der Waals surface area contributed by atoms with Crippen molar-refractivity contribution in [2.45, 2.75) is 32.9 Å². The van der Waals surface area contributed by atoms with Crippen molar-refractivity contribution in [2.24, 2.45) is 11.7 Å². The molecule has 2 aromatic rings. The molecule has 5 heteroatoms. The molecule has 0 bridgehead atoms. The van der Waals surface area contributed by atoms with Crippen LogP contribution in [0.2, 0.25) is 0 Å². The predicted molar refractivity (Wildman–Crippen MR) is 85.1 cm³/mol. The number of para-hydroxylation sites is 1. The van der Waals surface area contributed by atoms with Gasteiger partial charge < -0.3 is 10.6 Å². The Labute approximate surface area is 126 Å². The van der Waals surface area contributed by atoms with Gasteiger partial charge in [0.05, 0.1) is 17.6 Å². The molecule has 2 rings (SSSR count). The summed E-state index contributed by atoms with van der Waals surface area (Å²) in [6.45, 7) is 6.08. The van der Waals surface area contributed by atoms with E-state index in [1.807, 2.05) is 36.5 Å². The third-order valence-electron chi connectivity index (χ3n) is 3.66. The van der Waals surface area contributed by atoms with Gasteiger partial charge in [-0.05, 0) is 38.1 Å². The van der Waals surface area contributed by atoms with Crippen LogP contribution in [0.3, 0.4) is 0 Å². The Morgan fingerprint density at radius 2 is 1.95 bits per heavy atom. The van der Waals surface area contributed by atoms with Crippen LogP contribution in [0.25, 0.3) is 5.69 Å². The molecule has 0 saturated heterocycles. The first kappa shape index (κ1) is 15.7. The number of hydrogen-bond donors (Lipinski definition) is 1. The van der Waals surface area contributed by atoms with Crippen molar-refractivity contribution in [3.63, 3.8) is 0 Å². The molecule has 114 valence electrons. The van der Waals surface area contributed by atoms with Crippen molar-refractivity contribution in [3.8, 4) is 5.69 Å². The first-order valence-corrected chi connectivity index (χ1v) is 7.47. The Balaban J connectivity index is 1.88. The van der Waals surface area contributed by atoms with Crippen molar-refractivity contribution < 1.29 is 0 Å². The van der Waals surface area contributed by atoms with E-state index in [0.717, 1.165) is 30.9 Å². The fraction of sp³-hybridized carbons (Fsp3) is 0.500. The second kappa shape index (κ2) is 7.33. The molecule has 0 aliphatic heterocycles. The molecule has 1 unspecified atom stereocenters. The molecule has 1 aromatic carbocycles. The molecule has 21 heavy (non-hydrogen) atoms. The van der Waals surface area contributed by atoms with Gasteiger partial charge in [-0.3, -0.25) is 0 Å². The summed E-state index contributed by atoms with van der Waals surface area (Å²) in [5.74, 6) is 0.525. The van der Waals surface area contributed by atoms with Crippen molar-refractivity contribution in [1.82, 2.24) is 19.9 Å². The van der Waals surface area contributed by atoms with Gasteiger partial charge in [-0.1, -0.05) is 32.0 Å². The summed E-state index contributed by atoms with van der Waals surface area (Å²) in [6, 6.07) is 10.2. The minimum Gasteiger partial charge on any atom is -0.327 e. The fourth-order valence-electron chi connectivity index (χ4n) is 2.11. The van der Waals surface area contributed by atoms with Crippen LogP contribution < -0.4 is 5.73 Å². The number of rotatable bonds is 7. The minimum atomic E-state index is 0.257. The minimum absolute atomic E-state index is 0.257. The second-order valence-corrected chi connectivity index (χ2v) is 5.90. The van der Waals surface area contributed by atoms with Gasteiger partial charge in [-0.25, -0.2) is 0 Å². The van der Waals surface area contributed by atoms with Gasteiger partial charge >= 0.3 is 0 Å². The quantitative estimate of drug-likeness (QED) is 0.847. The first-order chi connectivity index (χ1) is 10.1. The average Bonchev–Trinajstić information content (AvgIpc) is 2.94. The SMILES string of the molecule is CC(C)C(N)CCN(C)Cc1cnn(-c2ccccc2)n1. The maximum Gasteiger partial charge on any atom is 0.0971 e. The molecule has 5 nitrogen and oxygen atoms in total. The van der Waals surface area contributed by atoms with Crippen LogP contribution in [0.1, 0.15) is 26.0 Å². The lowest BCUT2D eigenvalue weighted by Crippen LogP contribution is -2.31. The van der Waals surface area contributed by atoms with Crippen molar-refractivity contribution in [1.29, 1.82) is 0 Å². The molecular formula is C16H25N5. The maximum absolute atomic E-state index is 6.08. The molecule has 1 heterocycles. The highest BCUT2D eigenvalue weighted by Gasteiger charge is 2.10. The summed E-state index contributed by atoms with van der Waals surface area (Å²) in [7, 11) is 2.09. The van der Waals surface area contributed by atoms with E-state index in [1.54, 1.807) is 4.80 Å². The number of nitrogens with zero attached hydrogens (tertiary/aromatic N) is 4. The lowest BCUT2D eigenvalue weighted by atomic mass is 10.0. The Morgan fingerprint density at radius 1 is 1.24 bits per heavy atom. The van der Waals surface area contributed by atoms with Crippen LogP contribution in [-0.2, 0) is 6.54 Å². The van der Waals surface area contributed by atoms with Crippen molar-refractivity contribution in [3.05, 3.63) is 42.2 Å².